The van der Waals surface area contributed by atoms with Gasteiger partial charge in [-0.25, -0.2) is 0 Å². The molecule has 2 heteroatoms. The zero-order valence-corrected chi connectivity index (χ0v) is 8.09. The molecule has 2 rings (SSSR count). The molecule has 74 valence electrons. The molecule has 1 N–H and O–H groups in total. The molecule has 0 unspecified atom stereocenters. The number of Topliss-reactive ketones (excluding diaryl/α,β-unsaturated/α-hetero) is 1. The van der Waals surface area contributed by atoms with Crippen molar-refractivity contribution in [3.05, 3.63) is 0 Å². The van der Waals surface area contributed by atoms with E-state index in [4.69, 9.17) is 0 Å². The van der Waals surface area contributed by atoms with Crippen molar-refractivity contribution in [2.45, 2.75) is 57.5 Å². The first kappa shape index (κ1) is 9.20. The Kier molecular flexibility index (Phi) is 2.41. The highest BCUT2D eigenvalue weighted by Crippen LogP contribution is 2.45. The summed E-state index contributed by atoms with van der Waals surface area (Å²) in [5, 5.41) is 9.88. The van der Waals surface area contributed by atoms with Crippen molar-refractivity contribution < 1.29 is 9.90 Å². The molecule has 0 amide bonds. The molecule has 2 aliphatic rings. The second-order valence-corrected chi connectivity index (χ2v) is 4.55. The summed E-state index contributed by atoms with van der Waals surface area (Å²) < 4.78 is 0. The van der Waals surface area contributed by atoms with Gasteiger partial charge in [0.15, 0.2) is 0 Å². The first-order valence-electron chi connectivity index (χ1n) is 5.47. The fraction of sp³-hybridized carbons (Fsp3) is 0.909. The molecule has 2 aliphatic carbocycles. The van der Waals surface area contributed by atoms with E-state index in [-0.39, 0.29) is 11.5 Å². The lowest BCUT2D eigenvalue weighted by molar-refractivity contribution is -0.133. The lowest BCUT2D eigenvalue weighted by Gasteiger charge is -2.29. The maximum Gasteiger partial charge on any atom is 0.141 e. The number of rotatable bonds is 0. The summed E-state index contributed by atoms with van der Waals surface area (Å²) >= 11 is 0. The average Bonchev–Trinajstić information content (AvgIpc) is 2.36. The highest BCUT2D eigenvalue weighted by Gasteiger charge is 2.47. The van der Waals surface area contributed by atoms with Gasteiger partial charge in [0.2, 0.25) is 0 Å². The van der Waals surface area contributed by atoms with Gasteiger partial charge in [-0.2, -0.15) is 0 Å². The zero-order valence-electron chi connectivity index (χ0n) is 8.09. The van der Waals surface area contributed by atoms with Crippen LogP contribution in [0.15, 0.2) is 0 Å². The van der Waals surface area contributed by atoms with Gasteiger partial charge in [-0.3, -0.25) is 4.79 Å². The summed E-state index contributed by atoms with van der Waals surface area (Å²) in [5.74, 6) is 0.343. The van der Waals surface area contributed by atoms with E-state index in [9.17, 15) is 9.90 Å². The molecule has 0 aliphatic heterocycles. The Morgan fingerprint density at radius 1 is 1.15 bits per heavy atom. The molecule has 0 aromatic rings. The second-order valence-electron chi connectivity index (χ2n) is 4.55. The van der Waals surface area contributed by atoms with Crippen LogP contribution >= 0.6 is 0 Å². The molecule has 13 heavy (non-hydrogen) atoms. The second kappa shape index (κ2) is 3.41. The van der Waals surface area contributed by atoms with Crippen molar-refractivity contribution in [2.75, 3.05) is 0 Å². The molecule has 2 nitrogen and oxygen atoms in total. The minimum atomic E-state index is -0.335. The fourth-order valence-corrected chi connectivity index (χ4v) is 2.96. The van der Waals surface area contributed by atoms with Crippen molar-refractivity contribution in [1.82, 2.24) is 0 Å². The first-order chi connectivity index (χ1) is 6.26. The van der Waals surface area contributed by atoms with E-state index in [0.29, 0.717) is 12.2 Å². The molecule has 0 aromatic carbocycles. The summed E-state index contributed by atoms with van der Waals surface area (Å²) in [4.78, 5) is 11.9. The molecule has 0 saturated heterocycles. The van der Waals surface area contributed by atoms with Gasteiger partial charge in [-0.1, -0.05) is 12.8 Å². The molecular weight excluding hydrogens is 164 g/mol. The third kappa shape index (κ3) is 1.41. The SMILES string of the molecule is O=C1CCCCC[C@]12CCC[C@@H]2O. The molecule has 2 fully saturated rings. The van der Waals surface area contributed by atoms with E-state index in [0.717, 1.165) is 38.5 Å². The van der Waals surface area contributed by atoms with Gasteiger partial charge >= 0.3 is 0 Å². The van der Waals surface area contributed by atoms with Crippen LogP contribution in [0.3, 0.4) is 0 Å². The number of aliphatic hydroxyl groups is 1. The quantitative estimate of drug-likeness (QED) is 0.622. The predicted molar refractivity (Wildman–Crippen MR) is 50.4 cm³/mol. The molecule has 2 saturated carbocycles. The monoisotopic (exact) mass is 182 g/mol. The van der Waals surface area contributed by atoms with E-state index in [1.807, 2.05) is 0 Å². The summed E-state index contributed by atoms with van der Waals surface area (Å²) in [6.07, 6.45) is 7.45. The van der Waals surface area contributed by atoms with Crippen LogP contribution in [0.4, 0.5) is 0 Å². The van der Waals surface area contributed by atoms with Crippen molar-refractivity contribution in [1.29, 1.82) is 0 Å². The maximum atomic E-state index is 11.9. The first-order valence-corrected chi connectivity index (χ1v) is 5.47. The van der Waals surface area contributed by atoms with Gasteiger partial charge in [-0.15, -0.1) is 0 Å². The van der Waals surface area contributed by atoms with Gasteiger partial charge < -0.3 is 5.11 Å². The van der Waals surface area contributed by atoms with E-state index < -0.39 is 0 Å². The summed E-state index contributed by atoms with van der Waals surface area (Å²) in [6.45, 7) is 0. The smallest absolute Gasteiger partial charge is 0.141 e. The Morgan fingerprint density at radius 2 is 1.92 bits per heavy atom. The van der Waals surface area contributed by atoms with Crippen LogP contribution in [-0.4, -0.2) is 17.0 Å². The lowest BCUT2D eigenvalue weighted by Crippen LogP contribution is -2.37. The molecule has 0 radical (unpaired) electrons. The Labute approximate surface area is 79.3 Å². The largest absolute Gasteiger partial charge is 0.392 e. The molecule has 2 atom stereocenters. The number of hydrogen-bond acceptors (Lipinski definition) is 2. The number of carbonyl (C=O) groups excluding carboxylic acids is 1. The van der Waals surface area contributed by atoms with Crippen LogP contribution in [0.5, 0.6) is 0 Å². The Bertz CT molecular complexity index is 212. The number of ketones is 1. The Balaban J connectivity index is 2.21. The third-order valence-electron chi connectivity index (χ3n) is 3.82. The molecular formula is C11H18O2. The maximum absolute atomic E-state index is 11.9. The van der Waals surface area contributed by atoms with E-state index in [2.05, 4.69) is 0 Å². The van der Waals surface area contributed by atoms with Crippen molar-refractivity contribution in [3.8, 4) is 0 Å². The summed E-state index contributed by atoms with van der Waals surface area (Å²) in [6, 6.07) is 0. The summed E-state index contributed by atoms with van der Waals surface area (Å²) in [5.41, 5.74) is -0.309. The normalized spacial score (nSPS) is 41.0. The fourth-order valence-electron chi connectivity index (χ4n) is 2.96. The van der Waals surface area contributed by atoms with Gasteiger partial charge in [0.25, 0.3) is 0 Å². The van der Waals surface area contributed by atoms with Gasteiger partial charge in [0.05, 0.1) is 11.5 Å². The van der Waals surface area contributed by atoms with E-state index >= 15 is 0 Å². The minimum absolute atomic E-state index is 0.309. The molecule has 0 heterocycles. The van der Waals surface area contributed by atoms with Crippen LogP contribution in [0.25, 0.3) is 0 Å². The Hall–Kier alpha value is -0.370. The van der Waals surface area contributed by atoms with Crippen LogP contribution in [0.2, 0.25) is 0 Å². The van der Waals surface area contributed by atoms with Crippen molar-refractivity contribution in [2.24, 2.45) is 5.41 Å². The van der Waals surface area contributed by atoms with Gasteiger partial charge in [-0.05, 0) is 32.1 Å². The predicted octanol–water partition coefficient (Wildman–Crippen LogP) is 2.05. The van der Waals surface area contributed by atoms with Crippen LogP contribution < -0.4 is 0 Å². The summed E-state index contributed by atoms with van der Waals surface area (Å²) in [7, 11) is 0. The average molecular weight is 182 g/mol. The van der Waals surface area contributed by atoms with Crippen molar-refractivity contribution >= 4 is 5.78 Å². The molecule has 0 bridgehead atoms. The van der Waals surface area contributed by atoms with Crippen molar-refractivity contribution in [3.63, 3.8) is 0 Å². The number of aliphatic hydroxyl groups excluding tert-OH is 1. The lowest BCUT2D eigenvalue weighted by atomic mass is 9.76. The van der Waals surface area contributed by atoms with E-state index in [1.165, 1.54) is 6.42 Å². The third-order valence-corrected chi connectivity index (χ3v) is 3.82. The minimum Gasteiger partial charge on any atom is -0.392 e. The number of hydrogen-bond donors (Lipinski definition) is 1. The molecule has 0 aromatic heterocycles. The number of carbonyl (C=O) groups is 1. The van der Waals surface area contributed by atoms with Crippen LogP contribution in [0.1, 0.15) is 51.4 Å². The highest BCUT2D eigenvalue weighted by atomic mass is 16.3. The van der Waals surface area contributed by atoms with Crippen LogP contribution in [-0.2, 0) is 4.79 Å². The standard InChI is InChI=1S/C11H18O2/c12-9-5-2-1-3-7-11(9)8-4-6-10(11)13/h10,13H,1-8H2/t10-,11-/m0/s1. The van der Waals surface area contributed by atoms with E-state index in [1.54, 1.807) is 0 Å². The topological polar surface area (TPSA) is 37.3 Å². The zero-order chi connectivity index (χ0) is 9.31. The Morgan fingerprint density at radius 3 is 2.62 bits per heavy atom. The van der Waals surface area contributed by atoms with Gasteiger partial charge in [0, 0.05) is 6.42 Å². The molecule has 1 spiro atoms. The highest BCUT2D eigenvalue weighted by molar-refractivity contribution is 5.86. The van der Waals surface area contributed by atoms with Crippen LogP contribution in [0, 0.1) is 5.41 Å². The van der Waals surface area contributed by atoms with Gasteiger partial charge in [0.1, 0.15) is 5.78 Å².